The third-order valence-electron chi connectivity index (χ3n) is 4.59. The van der Waals surface area contributed by atoms with Crippen LogP contribution in [0.2, 0.25) is 0 Å². The molecule has 0 aliphatic carbocycles. The first kappa shape index (κ1) is 21.4. The topological polar surface area (TPSA) is 57.0 Å². The van der Waals surface area contributed by atoms with E-state index in [0.717, 1.165) is 21.8 Å². The van der Waals surface area contributed by atoms with Gasteiger partial charge in [0.25, 0.3) is 0 Å². The highest BCUT2D eigenvalue weighted by Crippen LogP contribution is 2.13. The molecule has 0 radical (unpaired) electrons. The normalized spacial score (nSPS) is 16.5. The van der Waals surface area contributed by atoms with E-state index in [4.69, 9.17) is 0 Å². The number of imidazole rings is 1. The second-order valence-corrected chi connectivity index (χ2v) is 7.45. The lowest BCUT2D eigenvalue weighted by atomic mass is 10.1. The number of aromatic nitrogens is 2. The summed E-state index contributed by atoms with van der Waals surface area (Å²) in [6, 6.07) is 4.51. The molecule has 0 amide bonds. The Labute approximate surface area is 181 Å². The van der Waals surface area contributed by atoms with Gasteiger partial charge in [0.2, 0.25) is 0 Å². The maximum atomic E-state index is 4.63. The SMILES string of the molecule is CCCN1CCC(NC(=NC)NCc2cn3cc(Br)ccc3n2)CC1.I. The highest BCUT2D eigenvalue weighted by molar-refractivity contribution is 14.0. The van der Waals surface area contributed by atoms with Crippen LogP contribution >= 0.6 is 39.9 Å². The van der Waals surface area contributed by atoms with Crippen LogP contribution in [0.4, 0.5) is 0 Å². The van der Waals surface area contributed by atoms with E-state index in [0.29, 0.717) is 12.6 Å². The fourth-order valence-corrected chi connectivity index (χ4v) is 3.63. The van der Waals surface area contributed by atoms with Crippen LogP contribution in [0.5, 0.6) is 0 Å². The summed E-state index contributed by atoms with van der Waals surface area (Å²) in [5.74, 6) is 0.854. The molecule has 144 valence electrons. The molecule has 3 rings (SSSR count). The lowest BCUT2D eigenvalue weighted by molar-refractivity contribution is 0.206. The van der Waals surface area contributed by atoms with Crippen LogP contribution in [-0.2, 0) is 6.54 Å². The van der Waals surface area contributed by atoms with E-state index in [2.05, 4.69) is 48.4 Å². The Morgan fingerprint density at radius 1 is 1.31 bits per heavy atom. The number of nitrogens with one attached hydrogen (secondary N) is 2. The standard InChI is InChI=1S/C18H27BrN6.HI/c1-3-8-24-9-6-15(7-10-24)23-18(20-2)21-11-16-13-25-12-14(19)4-5-17(25)22-16;/h4-5,12-13,15H,3,6-11H2,1-2H3,(H2,20,21,23);1H. The molecule has 6 nitrogen and oxygen atoms in total. The summed E-state index contributed by atoms with van der Waals surface area (Å²) in [6.07, 6.45) is 7.63. The van der Waals surface area contributed by atoms with Crippen LogP contribution in [0.25, 0.3) is 5.65 Å². The van der Waals surface area contributed by atoms with Crippen molar-refractivity contribution in [3.05, 3.63) is 34.7 Å². The Hall–Kier alpha value is -0.870. The van der Waals surface area contributed by atoms with E-state index in [-0.39, 0.29) is 24.0 Å². The average molecular weight is 535 g/mol. The molecular weight excluding hydrogens is 507 g/mol. The van der Waals surface area contributed by atoms with Gasteiger partial charge in [-0.3, -0.25) is 4.99 Å². The summed E-state index contributed by atoms with van der Waals surface area (Å²) in [6.45, 7) is 6.46. The number of fused-ring (bicyclic) bond motifs is 1. The molecule has 2 aromatic heterocycles. The van der Waals surface area contributed by atoms with E-state index >= 15 is 0 Å². The average Bonchev–Trinajstić information content (AvgIpc) is 3.02. The first-order valence-electron chi connectivity index (χ1n) is 9.00. The first-order chi connectivity index (χ1) is 12.2. The van der Waals surface area contributed by atoms with Gasteiger partial charge in [0, 0.05) is 43.0 Å². The molecule has 1 saturated heterocycles. The van der Waals surface area contributed by atoms with Crippen LogP contribution in [0.1, 0.15) is 31.9 Å². The molecule has 2 N–H and O–H groups in total. The molecule has 1 aliphatic heterocycles. The molecule has 26 heavy (non-hydrogen) atoms. The Bertz CT molecular complexity index is 724. The minimum Gasteiger partial charge on any atom is -0.354 e. The zero-order valence-electron chi connectivity index (χ0n) is 15.4. The number of aliphatic imine (C=N–C) groups is 1. The predicted molar refractivity (Wildman–Crippen MR) is 121 cm³/mol. The van der Waals surface area contributed by atoms with Crippen LogP contribution in [0, 0.1) is 0 Å². The quantitative estimate of drug-likeness (QED) is 0.351. The van der Waals surface area contributed by atoms with Gasteiger partial charge < -0.3 is 19.9 Å². The monoisotopic (exact) mass is 534 g/mol. The fraction of sp³-hybridized carbons (Fsp3) is 0.556. The Kier molecular flexibility index (Phi) is 8.62. The molecule has 0 saturated carbocycles. The van der Waals surface area contributed by atoms with E-state index < -0.39 is 0 Å². The summed E-state index contributed by atoms with van der Waals surface area (Å²) < 4.78 is 3.07. The van der Waals surface area contributed by atoms with Crippen molar-refractivity contribution in [3.8, 4) is 0 Å². The van der Waals surface area contributed by atoms with Gasteiger partial charge in [-0.25, -0.2) is 4.98 Å². The van der Waals surface area contributed by atoms with Crippen LogP contribution in [-0.4, -0.2) is 53.0 Å². The Morgan fingerprint density at radius 3 is 2.77 bits per heavy atom. The molecule has 0 bridgehead atoms. The maximum absolute atomic E-state index is 4.63. The van der Waals surface area contributed by atoms with Gasteiger partial charge in [-0.15, -0.1) is 24.0 Å². The molecule has 0 unspecified atom stereocenters. The molecule has 8 heteroatoms. The van der Waals surface area contributed by atoms with Crippen LogP contribution in [0.15, 0.2) is 34.0 Å². The van der Waals surface area contributed by atoms with Gasteiger partial charge in [0.1, 0.15) is 5.65 Å². The molecule has 0 atom stereocenters. The van der Waals surface area contributed by atoms with E-state index in [1.165, 1.54) is 38.9 Å². The smallest absolute Gasteiger partial charge is 0.191 e. The number of likely N-dealkylation sites (tertiary alicyclic amines) is 1. The number of halogens is 2. The van der Waals surface area contributed by atoms with Crippen molar-refractivity contribution in [2.24, 2.45) is 4.99 Å². The number of rotatable bonds is 5. The third kappa shape index (κ3) is 5.82. The largest absolute Gasteiger partial charge is 0.354 e. The molecule has 3 heterocycles. The van der Waals surface area contributed by atoms with Gasteiger partial charge in [0.15, 0.2) is 5.96 Å². The Balaban J connectivity index is 0.00000243. The zero-order chi connectivity index (χ0) is 17.6. The van der Waals surface area contributed by atoms with Crippen molar-refractivity contribution >= 4 is 51.5 Å². The predicted octanol–water partition coefficient (Wildman–Crippen LogP) is 3.25. The van der Waals surface area contributed by atoms with Crippen molar-refractivity contribution in [3.63, 3.8) is 0 Å². The number of pyridine rings is 1. The second-order valence-electron chi connectivity index (χ2n) is 6.53. The Morgan fingerprint density at radius 2 is 2.08 bits per heavy atom. The minimum absolute atomic E-state index is 0. The second kappa shape index (κ2) is 10.5. The van der Waals surface area contributed by atoms with Gasteiger partial charge in [-0.2, -0.15) is 0 Å². The first-order valence-corrected chi connectivity index (χ1v) is 9.80. The van der Waals surface area contributed by atoms with Gasteiger partial charge in [-0.1, -0.05) is 6.92 Å². The molecule has 1 fully saturated rings. The molecule has 2 aromatic rings. The van der Waals surface area contributed by atoms with Crippen LogP contribution in [0.3, 0.4) is 0 Å². The number of piperidine rings is 1. The number of nitrogens with zero attached hydrogens (tertiary/aromatic N) is 4. The van der Waals surface area contributed by atoms with Crippen molar-refractivity contribution in [1.29, 1.82) is 0 Å². The summed E-state index contributed by atoms with van der Waals surface area (Å²) in [4.78, 5) is 11.5. The molecule has 1 aliphatic rings. The van der Waals surface area contributed by atoms with Gasteiger partial charge in [0.05, 0.1) is 12.2 Å². The molecule has 0 spiro atoms. The minimum atomic E-state index is 0. The third-order valence-corrected chi connectivity index (χ3v) is 5.06. The van der Waals surface area contributed by atoms with E-state index in [1.54, 1.807) is 0 Å². The van der Waals surface area contributed by atoms with Gasteiger partial charge in [-0.05, 0) is 53.9 Å². The van der Waals surface area contributed by atoms with Crippen LogP contribution < -0.4 is 10.6 Å². The molecule has 0 aromatic carbocycles. The summed E-state index contributed by atoms with van der Waals surface area (Å²) >= 11 is 3.49. The lowest BCUT2D eigenvalue weighted by Crippen LogP contribution is -2.48. The van der Waals surface area contributed by atoms with E-state index in [9.17, 15) is 0 Å². The summed E-state index contributed by atoms with van der Waals surface area (Å²) in [5.41, 5.74) is 1.95. The van der Waals surface area contributed by atoms with E-state index in [1.807, 2.05) is 36.0 Å². The highest BCUT2D eigenvalue weighted by atomic mass is 127. The summed E-state index contributed by atoms with van der Waals surface area (Å²) in [7, 11) is 1.82. The van der Waals surface area contributed by atoms with Gasteiger partial charge >= 0.3 is 0 Å². The zero-order valence-corrected chi connectivity index (χ0v) is 19.3. The molecular formula is C18H28BrIN6. The fourth-order valence-electron chi connectivity index (χ4n) is 3.28. The summed E-state index contributed by atoms with van der Waals surface area (Å²) in [5, 5.41) is 6.93. The number of hydrogen-bond acceptors (Lipinski definition) is 3. The van der Waals surface area contributed by atoms with Crippen molar-refractivity contribution < 1.29 is 0 Å². The number of hydrogen-bond donors (Lipinski definition) is 2. The number of guanidine groups is 1. The van der Waals surface area contributed by atoms with Crippen molar-refractivity contribution in [2.75, 3.05) is 26.7 Å². The lowest BCUT2D eigenvalue weighted by Gasteiger charge is -2.32. The van der Waals surface area contributed by atoms with Crippen molar-refractivity contribution in [1.82, 2.24) is 24.9 Å². The highest BCUT2D eigenvalue weighted by Gasteiger charge is 2.19. The maximum Gasteiger partial charge on any atom is 0.191 e. The van der Waals surface area contributed by atoms with Crippen molar-refractivity contribution in [2.45, 2.75) is 38.8 Å².